The number of nitrogens with two attached hydrogens (primary N) is 4. The van der Waals surface area contributed by atoms with Gasteiger partial charge in [0.25, 0.3) is 0 Å². The van der Waals surface area contributed by atoms with Crippen LogP contribution in [0.3, 0.4) is 0 Å². The molecule has 40 heavy (non-hydrogen) atoms. The number of aliphatic imine (C=N–C) groups is 1. The zero-order valence-electron chi connectivity index (χ0n) is 23.0. The molecule has 0 aromatic heterocycles. The molecular weight excluding hydrogens is 520 g/mol. The lowest BCUT2D eigenvalue weighted by Gasteiger charge is -2.25. The van der Waals surface area contributed by atoms with E-state index in [2.05, 4.69) is 20.9 Å². The van der Waals surface area contributed by atoms with Gasteiger partial charge in [-0.05, 0) is 37.2 Å². The number of hydrogen-bond acceptors (Lipinski definition) is 7. The van der Waals surface area contributed by atoms with Gasteiger partial charge in [0.15, 0.2) is 5.96 Å². The van der Waals surface area contributed by atoms with Crippen LogP contribution in [-0.4, -0.2) is 71.4 Å². The van der Waals surface area contributed by atoms with Crippen LogP contribution in [0.15, 0.2) is 35.3 Å². The van der Waals surface area contributed by atoms with Crippen LogP contribution in [0.5, 0.6) is 0 Å². The van der Waals surface area contributed by atoms with Crippen molar-refractivity contribution in [2.24, 2.45) is 33.8 Å². The minimum Gasteiger partial charge on any atom is -0.480 e. The maximum absolute atomic E-state index is 13.3. The predicted octanol–water partition coefficient (Wildman–Crippen LogP) is -1.54. The highest BCUT2D eigenvalue weighted by Crippen LogP contribution is 2.09. The molecule has 4 amide bonds. The van der Waals surface area contributed by atoms with Gasteiger partial charge in [-0.3, -0.25) is 24.2 Å². The summed E-state index contributed by atoms with van der Waals surface area (Å²) >= 11 is 0. The van der Waals surface area contributed by atoms with Crippen LogP contribution in [-0.2, 0) is 30.4 Å². The fourth-order valence-electron chi connectivity index (χ4n) is 3.78. The number of guanidine groups is 1. The minimum atomic E-state index is -1.24. The molecule has 14 heteroatoms. The smallest absolute Gasteiger partial charge is 0.326 e. The van der Waals surface area contributed by atoms with Crippen molar-refractivity contribution in [1.29, 1.82) is 0 Å². The second kappa shape index (κ2) is 17.4. The zero-order chi connectivity index (χ0) is 30.2. The maximum Gasteiger partial charge on any atom is 0.326 e. The molecule has 4 unspecified atom stereocenters. The fraction of sp³-hybridized carbons (Fsp3) is 0.538. The van der Waals surface area contributed by atoms with Crippen LogP contribution in [0.4, 0.5) is 0 Å². The number of carboxylic acid groups (broad SMARTS) is 1. The van der Waals surface area contributed by atoms with Crippen molar-refractivity contribution < 1.29 is 29.1 Å². The lowest BCUT2D eigenvalue weighted by molar-refractivity contribution is -0.142. The molecule has 0 saturated carbocycles. The fourth-order valence-corrected chi connectivity index (χ4v) is 3.78. The van der Waals surface area contributed by atoms with E-state index in [0.29, 0.717) is 12.0 Å². The highest BCUT2D eigenvalue weighted by atomic mass is 16.4. The molecule has 0 aliphatic carbocycles. The van der Waals surface area contributed by atoms with Crippen molar-refractivity contribution in [1.82, 2.24) is 16.0 Å². The van der Waals surface area contributed by atoms with Crippen molar-refractivity contribution in [2.75, 3.05) is 6.54 Å². The summed E-state index contributed by atoms with van der Waals surface area (Å²) in [5.74, 6) is -4.11. The molecule has 0 heterocycles. The quantitative estimate of drug-likeness (QED) is 0.0585. The number of carbonyl (C=O) groups excluding carboxylic acids is 4. The summed E-state index contributed by atoms with van der Waals surface area (Å²) in [7, 11) is 0. The lowest BCUT2D eigenvalue weighted by atomic mass is 10.0. The molecule has 4 atom stereocenters. The second-order valence-corrected chi connectivity index (χ2v) is 9.90. The summed E-state index contributed by atoms with van der Waals surface area (Å²) in [6, 6.07) is 4.25. The molecule has 0 aliphatic rings. The van der Waals surface area contributed by atoms with Gasteiger partial charge in [0.2, 0.25) is 23.6 Å². The Morgan fingerprint density at radius 1 is 0.850 bits per heavy atom. The Kier molecular flexibility index (Phi) is 14.7. The molecule has 12 N–H and O–H groups in total. The first-order valence-corrected chi connectivity index (χ1v) is 13.1. The first-order valence-electron chi connectivity index (χ1n) is 13.1. The Balaban J connectivity index is 3.08. The number of primary amides is 1. The number of hydrogen-bond donors (Lipinski definition) is 8. The van der Waals surface area contributed by atoms with Gasteiger partial charge in [-0.25, -0.2) is 4.79 Å². The van der Waals surface area contributed by atoms with E-state index in [-0.39, 0.29) is 50.5 Å². The standard InChI is InChI=1S/C26H42N8O6/c1-15(2)13-20(25(39)40)34-24(38)19(14-16-7-4-3-5-8-16)33-23(37)18(10-11-21(28)35)32-22(36)17(27)9-6-12-31-26(29)30/h3-5,7-8,15,17-20H,6,9-14,27H2,1-2H3,(H2,28,35)(H,32,36)(H,33,37)(H,34,38)(H,39,40)(H4,29,30,31). The predicted molar refractivity (Wildman–Crippen MR) is 149 cm³/mol. The number of carboxylic acids is 1. The zero-order valence-corrected chi connectivity index (χ0v) is 23.0. The Hall–Kier alpha value is -4.20. The number of carbonyl (C=O) groups is 5. The molecule has 0 fully saturated rings. The van der Waals surface area contributed by atoms with Gasteiger partial charge in [-0.2, -0.15) is 0 Å². The van der Waals surface area contributed by atoms with Gasteiger partial charge < -0.3 is 44.0 Å². The summed E-state index contributed by atoms with van der Waals surface area (Å²) in [6.45, 7) is 3.91. The normalized spacial score (nSPS) is 13.8. The SMILES string of the molecule is CC(C)CC(NC(=O)C(Cc1ccccc1)NC(=O)C(CCC(N)=O)NC(=O)C(N)CCCN=C(N)N)C(=O)O. The van der Waals surface area contributed by atoms with Gasteiger partial charge in [-0.15, -0.1) is 0 Å². The molecule has 0 saturated heterocycles. The van der Waals surface area contributed by atoms with Crippen molar-refractivity contribution in [3.8, 4) is 0 Å². The van der Waals surface area contributed by atoms with Crippen LogP contribution in [0.25, 0.3) is 0 Å². The molecule has 0 aliphatic heterocycles. The van der Waals surface area contributed by atoms with Gasteiger partial charge in [0.05, 0.1) is 6.04 Å². The van der Waals surface area contributed by atoms with E-state index >= 15 is 0 Å². The molecule has 222 valence electrons. The third-order valence-electron chi connectivity index (χ3n) is 5.85. The maximum atomic E-state index is 13.3. The van der Waals surface area contributed by atoms with E-state index in [1.54, 1.807) is 30.3 Å². The summed E-state index contributed by atoms with van der Waals surface area (Å²) in [6.07, 6.45) is 0.503. The molecule has 0 spiro atoms. The molecule has 14 nitrogen and oxygen atoms in total. The van der Waals surface area contributed by atoms with E-state index in [1.165, 1.54) is 0 Å². The lowest BCUT2D eigenvalue weighted by Crippen LogP contribution is -2.57. The number of nitrogens with one attached hydrogen (secondary N) is 3. The first-order chi connectivity index (χ1) is 18.8. The Morgan fingerprint density at radius 3 is 1.98 bits per heavy atom. The summed E-state index contributed by atoms with van der Waals surface area (Å²) in [5, 5.41) is 17.2. The summed E-state index contributed by atoms with van der Waals surface area (Å²) in [5.41, 5.74) is 22.5. The summed E-state index contributed by atoms with van der Waals surface area (Å²) < 4.78 is 0. The van der Waals surface area contributed by atoms with E-state index in [4.69, 9.17) is 22.9 Å². The van der Waals surface area contributed by atoms with E-state index < -0.39 is 53.8 Å². The van der Waals surface area contributed by atoms with Crippen molar-refractivity contribution >= 4 is 35.6 Å². The molecule has 0 bridgehead atoms. The van der Waals surface area contributed by atoms with Gasteiger partial charge in [0.1, 0.15) is 18.1 Å². The number of aliphatic carboxylic acids is 1. The monoisotopic (exact) mass is 562 g/mol. The van der Waals surface area contributed by atoms with E-state index in [0.717, 1.165) is 0 Å². The Morgan fingerprint density at radius 2 is 1.43 bits per heavy atom. The number of amides is 4. The first kappa shape index (κ1) is 33.8. The largest absolute Gasteiger partial charge is 0.480 e. The van der Waals surface area contributed by atoms with Crippen LogP contribution in [0.1, 0.15) is 51.5 Å². The van der Waals surface area contributed by atoms with Gasteiger partial charge in [0, 0.05) is 19.4 Å². The Labute approximate surface area is 233 Å². The number of rotatable bonds is 18. The molecule has 0 radical (unpaired) electrons. The van der Waals surface area contributed by atoms with Crippen LogP contribution in [0, 0.1) is 5.92 Å². The average molecular weight is 563 g/mol. The van der Waals surface area contributed by atoms with Gasteiger partial charge >= 0.3 is 5.97 Å². The van der Waals surface area contributed by atoms with E-state index in [1.807, 2.05) is 13.8 Å². The minimum absolute atomic E-state index is 0.0133. The average Bonchev–Trinajstić information content (AvgIpc) is 2.87. The number of benzene rings is 1. The second-order valence-electron chi connectivity index (χ2n) is 9.90. The summed E-state index contributed by atoms with van der Waals surface area (Å²) in [4.78, 5) is 66.1. The highest BCUT2D eigenvalue weighted by Gasteiger charge is 2.31. The number of nitrogens with zero attached hydrogens (tertiary/aromatic N) is 1. The van der Waals surface area contributed by atoms with Crippen molar-refractivity contribution in [2.45, 2.75) is 76.5 Å². The third-order valence-corrected chi connectivity index (χ3v) is 5.85. The molecule has 1 aromatic rings. The molecule has 1 aromatic carbocycles. The van der Waals surface area contributed by atoms with Crippen molar-refractivity contribution in [3.05, 3.63) is 35.9 Å². The van der Waals surface area contributed by atoms with E-state index in [9.17, 15) is 29.1 Å². The third kappa shape index (κ3) is 13.6. The molecule has 1 rings (SSSR count). The Bertz CT molecular complexity index is 1030. The van der Waals surface area contributed by atoms with Crippen molar-refractivity contribution in [3.63, 3.8) is 0 Å². The molecular formula is C26H42N8O6. The highest BCUT2D eigenvalue weighted by molar-refractivity contribution is 5.94. The van der Waals surface area contributed by atoms with Gasteiger partial charge in [-0.1, -0.05) is 44.2 Å². The van der Waals surface area contributed by atoms with Crippen LogP contribution < -0.4 is 38.9 Å². The van der Waals surface area contributed by atoms with Crippen LogP contribution in [0.2, 0.25) is 0 Å². The van der Waals surface area contributed by atoms with Crippen LogP contribution >= 0.6 is 0 Å². The topological polar surface area (TPSA) is 258 Å².